The average Bonchev–Trinajstić information content (AvgIpc) is 1.66. The lowest BCUT2D eigenvalue weighted by atomic mass is 10.1. The maximum absolute atomic E-state index is 3.76. The Hall–Kier alpha value is 0. The number of rotatable bonds is 4. The van der Waals surface area contributed by atoms with Gasteiger partial charge in [-0.25, -0.2) is 0 Å². The molecule has 0 amide bonds. The van der Waals surface area contributed by atoms with Crippen molar-refractivity contribution in [3.63, 3.8) is 0 Å². The molecule has 0 aliphatic rings. The minimum atomic E-state index is 0.751. The Morgan fingerprint density at radius 2 is 2.12 bits per heavy atom. The molecular formula is C8H16. The largest absolute Gasteiger partial charge is 0.0625 e. The van der Waals surface area contributed by atoms with E-state index in [1.165, 1.54) is 12.8 Å². The van der Waals surface area contributed by atoms with E-state index in [1.54, 1.807) is 0 Å². The zero-order chi connectivity index (χ0) is 6.41. The van der Waals surface area contributed by atoms with Crippen LogP contribution in [0.2, 0.25) is 0 Å². The highest BCUT2D eigenvalue weighted by atomic mass is 14.0. The molecule has 0 rings (SSSR count). The molecular weight excluding hydrogens is 96.1 g/mol. The molecule has 0 aliphatic carbocycles. The minimum absolute atomic E-state index is 0.751. The molecule has 0 heteroatoms. The molecule has 0 fully saturated rings. The van der Waals surface area contributed by atoms with Crippen LogP contribution >= 0.6 is 0 Å². The van der Waals surface area contributed by atoms with Gasteiger partial charge in [-0.3, -0.25) is 0 Å². The Morgan fingerprint density at radius 1 is 1.50 bits per heavy atom. The van der Waals surface area contributed by atoms with Gasteiger partial charge in [0, 0.05) is 0 Å². The molecule has 0 saturated carbocycles. The quantitative estimate of drug-likeness (QED) is 0.490. The molecule has 0 nitrogen and oxygen atoms in total. The van der Waals surface area contributed by atoms with Gasteiger partial charge in [-0.15, -0.1) is 0 Å². The maximum atomic E-state index is 3.76. The first kappa shape index (κ1) is 8.00. The van der Waals surface area contributed by atoms with Gasteiger partial charge in [0.15, 0.2) is 0 Å². The molecule has 0 aromatic rings. The molecule has 0 heterocycles. The van der Waals surface area contributed by atoms with Crippen LogP contribution in [0.1, 0.15) is 33.1 Å². The van der Waals surface area contributed by atoms with Crippen LogP contribution in [0.3, 0.4) is 0 Å². The molecule has 0 aromatic heterocycles. The highest BCUT2D eigenvalue weighted by Gasteiger charge is 1.91. The first-order chi connectivity index (χ1) is 3.77. The van der Waals surface area contributed by atoms with E-state index < -0.39 is 0 Å². The molecule has 0 spiro atoms. The van der Waals surface area contributed by atoms with E-state index in [0.29, 0.717) is 0 Å². The van der Waals surface area contributed by atoms with Gasteiger partial charge in [0.1, 0.15) is 0 Å². The lowest BCUT2D eigenvalue weighted by Gasteiger charge is -2.00. The summed E-state index contributed by atoms with van der Waals surface area (Å²) < 4.78 is 0. The number of unbranched alkanes of at least 4 members (excludes halogenated alkanes) is 2. The molecule has 0 N–H and O–H groups in total. The molecule has 2 radical (unpaired) electrons. The van der Waals surface area contributed by atoms with Crippen molar-refractivity contribution >= 4 is 0 Å². The summed E-state index contributed by atoms with van der Waals surface area (Å²) in [5.41, 5.74) is 0. The van der Waals surface area contributed by atoms with Crippen LogP contribution in [-0.2, 0) is 0 Å². The Kier molecular flexibility index (Phi) is 5.14. The van der Waals surface area contributed by atoms with Gasteiger partial charge in [-0.05, 0) is 18.8 Å². The fraction of sp³-hybridized carbons (Fsp3) is 0.750. The van der Waals surface area contributed by atoms with E-state index >= 15 is 0 Å². The van der Waals surface area contributed by atoms with Gasteiger partial charge in [0.25, 0.3) is 0 Å². The molecule has 0 unspecified atom stereocenters. The second-order valence-electron chi connectivity index (χ2n) is 2.48. The van der Waals surface area contributed by atoms with Crippen LogP contribution in [0.5, 0.6) is 0 Å². The lowest BCUT2D eigenvalue weighted by molar-refractivity contribution is 0.677. The molecule has 0 saturated heterocycles. The molecule has 0 atom stereocenters. The summed E-state index contributed by atoms with van der Waals surface area (Å²) in [4.78, 5) is 0. The Balaban J connectivity index is 2.72. The molecule has 0 aromatic carbocycles. The van der Waals surface area contributed by atoms with Crippen LogP contribution in [0.4, 0.5) is 0 Å². The van der Waals surface area contributed by atoms with Gasteiger partial charge in [-0.2, -0.15) is 0 Å². The Morgan fingerprint density at radius 3 is 2.50 bits per heavy atom. The highest BCUT2D eigenvalue weighted by molar-refractivity contribution is 4.67. The maximum Gasteiger partial charge on any atom is -0.0360 e. The standard InChI is InChI=1S/C8H16/c1-4-5-6-7-8(2)3/h7-8H,1,4-6H2,2-3H3. The summed E-state index contributed by atoms with van der Waals surface area (Å²) >= 11 is 0. The zero-order valence-corrected chi connectivity index (χ0v) is 5.98. The Bertz CT molecular complexity index is 37.3. The topological polar surface area (TPSA) is 0 Å². The van der Waals surface area contributed by atoms with E-state index in [-0.39, 0.29) is 0 Å². The third-order valence-electron chi connectivity index (χ3n) is 1.09. The van der Waals surface area contributed by atoms with Crippen LogP contribution in [-0.4, -0.2) is 0 Å². The summed E-state index contributed by atoms with van der Waals surface area (Å²) in [5, 5.41) is 0. The van der Waals surface area contributed by atoms with E-state index in [9.17, 15) is 0 Å². The van der Waals surface area contributed by atoms with Crippen molar-refractivity contribution in [2.75, 3.05) is 0 Å². The fourth-order valence-corrected chi connectivity index (χ4v) is 0.596. The van der Waals surface area contributed by atoms with Crippen LogP contribution in [0.25, 0.3) is 0 Å². The van der Waals surface area contributed by atoms with Crippen LogP contribution < -0.4 is 0 Å². The molecule has 8 heavy (non-hydrogen) atoms. The van der Waals surface area contributed by atoms with Crippen molar-refractivity contribution in [2.24, 2.45) is 5.92 Å². The SMILES string of the molecule is [CH2]CCC[CH]C(C)C. The normalized spacial score (nSPS) is 10.5. The van der Waals surface area contributed by atoms with Gasteiger partial charge in [0.05, 0.1) is 0 Å². The minimum Gasteiger partial charge on any atom is -0.0625 e. The summed E-state index contributed by atoms with van der Waals surface area (Å²) in [6.07, 6.45) is 5.90. The van der Waals surface area contributed by atoms with E-state index in [4.69, 9.17) is 0 Å². The third-order valence-corrected chi connectivity index (χ3v) is 1.09. The van der Waals surface area contributed by atoms with Gasteiger partial charge >= 0.3 is 0 Å². The summed E-state index contributed by atoms with van der Waals surface area (Å²) in [7, 11) is 0. The fourth-order valence-electron chi connectivity index (χ4n) is 0.596. The molecule has 48 valence electrons. The number of hydrogen-bond acceptors (Lipinski definition) is 0. The number of hydrogen-bond donors (Lipinski definition) is 0. The van der Waals surface area contributed by atoms with Crippen molar-refractivity contribution in [3.05, 3.63) is 13.3 Å². The predicted octanol–water partition coefficient (Wildman–Crippen LogP) is 2.85. The molecule has 0 aliphatic heterocycles. The summed E-state index contributed by atoms with van der Waals surface area (Å²) in [6, 6.07) is 0. The average molecular weight is 112 g/mol. The highest BCUT2D eigenvalue weighted by Crippen LogP contribution is 2.05. The van der Waals surface area contributed by atoms with E-state index in [2.05, 4.69) is 27.2 Å². The second-order valence-corrected chi connectivity index (χ2v) is 2.48. The van der Waals surface area contributed by atoms with E-state index in [1.807, 2.05) is 0 Å². The van der Waals surface area contributed by atoms with Crippen LogP contribution in [0, 0.1) is 19.3 Å². The Labute approximate surface area is 53.3 Å². The smallest absolute Gasteiger partial charge is 0.0360 e. The molecule has 0 bridgehead atoms. The monoisotopic (exact) mass is 112 g/mol. The van der Waals surface area contributed by atoms with Crippen molar-refractivity contribution in [1.82, 2.24) is 0 Å². The van der Waals surface area contributed by atoms with Crippen molar-refractivity contribution in [1.29, 1.82) is 0 Å². The van der Waals surface area contributed by atoms with Gasteiger partial charge in [0.2, 0.25) is 0 Å². The van der Waals surface area contributed by atoms with Crippen LogP contribution in [0.15, 0.2) is 0 Å². The second kappa shape index (κ2) is 5.14. The zero-order valence-electron chi connectivity index (χ0n) is 5.98. The van der Waals surface area contributed by atoms with Crippen molar-refractivity contribution in [2.45, 2.75) is 33.1 Å². The van der Waals surface area contributed by atoms with Crippen molar-refractivity contribution in [3.8, 4) is 0 Å². The first-order valence-electron chi connectivity index (χ1n) is 3.40. The first-order valence-corrected chi connectivity index (χ1v) is 3.40. The third kappa shape index (κ3) is 6.00. The predicted molar refractivity (Wildman–Crippen MR) is 38.3 cm³/mol. The van der Waals surface area contributed by atoms with Crippen molar-refractivity contribution < 1.29 is 0 Å². The van der Waals surface area contributed by atoms with Gasteiger partial charge in [-0.1, -0.05) is 33.6 Å². The summed E-state index contributed by atoms with van der Waals surface area (Å²) in [6.45, 7) is 8.19. The lowest BCUT2D eigenvalue weighted by Crippen LogP contribution is -1.86. The van der Waals surface area contributed by atoms with Gasteiger partial charge < -0.3 is 0 Å². The summed E-state index contributed by atoms with van der Waals surface area (Å²) in [5.74, 6) is 0.751. The van der Waals surface area contributed by atoms with E-state index in [0.717, 1.165) is 12.3 Å².